The monoisotopic (exact) mass is 288 g/mol. The van der Waals surface area contributed by atoms with Crippen LogP contribution in [0.3, 0.4) is 0 Å². The fourth-order valence-electron chi connectivity index (χ4n) is 3.38. The third-order valence-corrected chi connectivity index (χ3v) is 4.56. The number of carboxylic acids is 1. The number of hydrogen-bond donors (Lipinski definition) is 3. The number of aliphatic carboxylic acids is 1. The minimum absolute atomic E-state index is 0.264. The van der Waals surface area contributed by atoms with E-state index in [0.717, 1.165) is 43.5 Å². The largest absolute Gasteiger partial charge is 0.480 e. The van der Waals surface area contributed by atoms with Crippen LogP contribution in [0.4, 0.5) is 5.69 Å². The number of carbonyl (C=O) groups excluding carboxylic acids is 1. The molecule has 0 atom stereocenters. The Bertz CT molecular complexity index is 577. The molecule has 2 aliphatic rings. The lowest BCUT2D eigenvalue weighted by Gasteiger charge is -2.27. The van der Waals surface area contributed by atoms with Gasteiger partial charge in [0.25, 0.3) is 5.91 Å². The number of anilines is 1. The summed E-state index contributed by atoms with van der Waals surface area (Å²) in [4.78, 5) is 24.1. The van der Waals surface area contributed by atoms with Crippen LogP contribution in [-0.4, -0.2) is 29.1 Å². The number of hydrogen-bond acceptors (Lipinski definition) is 3. The van der Waals surface area contributed by atoms with Crippen molar-refractivity contribution in [1.29, 1.82) is 0 Å². The molecule has 1 heterocycles. The van der Waals surface area contributed by atoms with Crippen LogP contribution in [0.15, 0.2) is 18.2 Å². The average Bonchev–Trinajstić information content (AvgIpc) is 2.96. The van der Waals surface area contributed by atoms with Gasteiger partial charge in [-0.1, -0.05) is 18.9 Å². The number of rotatable bonds is 3. The second kappa shape index (κ2) is 5.39. The van der Waals surface area contributed by atoms with Crippen molar-refractivity contribution < 1.29 is 14.7 Å². The zero-order valence-corrected chi connectivity index (χ0v) is 11.9. The highest BCUT2D eigenvalue weighted by atomic mass is 16.4. The SMILES string of the molecule is O=C(NC1(C(=O)O)CCCC1)c1cccc2c1CCCN2. The number of carbonyl (C=O) groups is 2. The molecule has 3 rings (SSSR count). The van der Waals surface area contributed by atoms with Crippen molar-refractivity contribution in [2.45, 2.75) is 44.1 Å². The van der Waals surface area contributed by atoms with E-state index < -0.39 is 11.5 Å². The Morgan fingerprint density at radius 3 is 2.67 bits per heavy atom. The summed E-state index contributed by atoms with van der Waals surface area (Å²) in [7, 11) is 0. The molecular formula is C16H20N2O3. The lowest BCUT2D eigenvalue weighted by Crippen LogP contribution is -2.52. The van der Waals surface area contributed by atoms with Crippen LogP contribution in [0.2, 0.25) is 0 Å². The highest BCUT2D eigenvalue weighted by Crippen LogP contribution is 2.31. The lowest BCUT2D eigenvalue weighted by atomic mass is 9.94. The second-order valence-corrected chi connectivity index (χ2v) is 5.91. The van der Waals surface area contributed by atoms with Gasteiger partial charge in [0.1, 0.15) is 5.54 Å². The third kappa shape index (κ3) is 2.48. The molecule has 5 heteroatoms. The number of benzene rings is 1. The molecule has 1 aromatic rings. The normalized spacial score (nSPS) is 19.4. The van der Waals surface area contributed by atoms with E-state index in [1.54, 1.807) is 6.07 Å². The standard InChI is InChI=1S/C16H20N2O3/c19-14(18-16(15(20)21)8-1-2-9-16)12-5-3-7-13-11(12)6-4-10-17-13/h3,5,7,17H,1-2,4,6,8-10H2,(H,18,19)(H,20,21). The molecule has 21 heavy (non-hydrogen) atoms. The number of carboxylic acid groups (broad SMARTS) is 1. The summed E-state index contributed by atoms with van der Waals surface area (Å²) < 4.78 is 0. The highest BCUT2D eigenvalue weighted by molar-refractivity contribution is 6.00. The van der Waals surface area contributed by atoms with E-state index >= 15 is 0 Å². The second-order valence-electron chi connectivity index (χ2n) is 5.91. The first-order valence-corrected chi connectivity index (χ1v) is 7.54. The molecule has 1 aromatic carbocycles. The Balaban J connectivity index is 1.87. The van der Waals surface area contributed by atoms with Gasteiger partial charge in [-0.2, -0.15) is 0 Å². The average molecular weight is 288 g/mol. The van der Waals surface area contributed by atoms with Crippen LogP contribution in [-0.2, 0) is 11.2 Å². The van der Waals surface area contributed by atoms with Crippen LogP contribution >= 0.6 is 0 Å². The van der Waals surface area contributed by atoms with Crippen molar-refractivity contribution in [2.24, 2.45) is 0 Å². The minimum atomic E-state index is -1.08. The van der Waals surface area contributed by atoms with Crippen molar-refractivity contribution in [3.8, 4) is 0 Å². The Kier molecular flexibility index (Phi) is 3.57. The van der Waals surface area contributed by atoms with Crippen LogP contribution < -0.4 is 10.6 Å². The smallest absolute Gasteiger partial charge is 0.329 e. The zero-order valence-electron chi connectivity index (χ0n) is 11.9. The molecule has 0 unspecified atom stereocenters. The molecule has 3 N–H and O–H groups in total. The van der Waals surface area contributed by atoms with Gasteiger partial charge in [-0.3, -0.25) is 4.79 Å². The van der Waals surface area contributed by atoms with Gasteiger partial charge in [0.05, 0.1) is 0 Å². The molecule has 1 aliphatic heterocycles. The van der Waals surface area contributed by atoms with E-state index in [0.29, 0.717) is 18.4 Å². The first kappa shape index (κ1) is 13.9. The van der Waals surface area contributed by atoms with Gasteiger partial charge in [-0.25, -0.2) is 4.79 Å². The predicted molar refractivity (Wildman–Crippen MR) is 79.6 cm³/mol. The number of amides is 1. The predicted octanol–water partition coefficient (Wildman–Crippen LogP) is 2.17. The highest BCUT2D eigenvalue weighted by Gasteiger charge is 2.43. The van der Waals surface area contributed by atoms with Gasteiger partial charge in [0.2, 0.25) is 0 Å². The Morgan fingerprint density at radius 2 is 1.95 bits per heavy atom. The number of fused-ring (bicyclic) bond motifs is 1. The van der Waals surface area contributed by atoms with Crippen molar-refractivity contribution in [1.82, 2.24) is 5.32 Å². The third-order valence-electron chi connectivity index (χ3n) is 4.56. The van der Waals surface area contributed by atoms with E-state index in [1.165, 1.54) is 0 Å². The topological polar surface area (TPSA) is 78.4 Å². The van der Waals surface area contributed by atoms with Crippen molar-refractivity contribution in [3.05, 3.63) is 29.3 Å². The summed E-state index contributed by atoms with van der Waals surface area (Å²) in [6.45, 7) is 0.914. The maximum atomic E-state index is 12.6. The fourth-order valence-corrected chi connectivity index (χ4v) is 3.38. The molecule has 0 radical (unpaired) electrons. The van der Waals surface area contributed by atoms with Crippen molar-refractivity contribution in [2.75, 3.05) is 11.9 Å². The van der Waals surface area contributed by atoms with Crippen LogP contribution in [0.25, 0.3) is 0 Å². The van der Waals surface area contributed by atoms with Gasteiger partial charge in [0.15, 0.2) is 0 Å². The summed E-state index contributed by atoms with van der Waals surface area (Å²) >= 11 is 0. The van der Waals surface area contributed by atoms with Gasteiger partial charge in [-0.15, -0.1) is 0 Å². The summed E-state index contributed by atoms with van der Waals surface area (Å²) in [6.07, 6.45) is 4.57. The molecule has 0 aromatic heterocycles. The van der Waals surface area contributed by atoms with Crippen LogP contribution in [0.5, 0.6) is 0 Å². The van der Waals surface area contributed by atoms with E-state index in [4.69, 9.17) is 0 Å². The lowest BCUT2D eigenvalue weighted by molar-refractivity contribution is -0.144. The molecule has 1 saturated carbocycles. The quantitative estimate of drug-likeness (QED) is 0.796. The summed E-state index contributed by atoms with van der Waals surface area (Å²) in [5, 5.41) is 15.6. The maximum absolute atomic E-state index is 12.6. The van der Waals surface area contributed by atoms with Crippen LogP contribution in [0.1, 0.15) is 48.0 Å². The minimum Gasteiger partial charge on any atom is -0.480 e. The van der Waals surface area contributed by atoms with Gasteiger partial charge < -0.3 is 15.7 Å². The van der Waals surface area contributed by atoms with E-state index in [1.807, 2.05) is 12.1 Å². The molecule has 1 aliphatic carbocycles. The summed E-state index contributed by atoms with van der Waals surface area (Å²) in [6, 6.07) is 5.59. The first-order valence-electron chi connectivity index (χ1n) is 7.54. The molecule has 112 valence electrons. The summed E-state index contributed by atoms with van der Waals surface area (Å²) in [5.41, 5.74) is 1.51. The zero-order chi connectivity index (χ0) is 14.9. The van der Waals surface area contributed by atoms with Crippen LogP contribution in [0, 0.1) is 0 Å². The maximum Gasteiger partial charge on any atom is 0.329 e. The molecule has 0 saturated heterocycles. The molecule has 5 nitrogen and oxygen atoms in total. The van der Waals surface area contributed by atoms with E-state index in [-0.39, 0.29) is 5.91 Å². The first-order chi connectivity index (χ1) is 10.1. The Labute approximate surface area is 123 Å². The molecule has 1 fully saturated rings. The molecular weight excluding hydrogens is 268 g/mol. The number of nitrogens with one attached hydrogen (secondary N) is 2. The molecule has 0 spiro atoms. The molecule has 1 amide bonds. The molecule has 0 bridgehead atoms. The van der Waals surface area contributed by atoms with Crippen molar-refractivity contribution >= 4 is 17.6 Å². The Morgan fingerprint density at radius 1 is 1.19 bits per heavy atom. The van der Waals surface area contributed by atoms with E-state index in [2.05, 4.69) is 10.6 Å². The fraction of sp³-hybridized carbons (Fsp3) is 0.500. The Hall–Kier alpha value is -2.04. The van der Waals surface area contributed by atoms with Crippen molar-refractivity contribution in [3.63, 3.8) is 0 Å². The van der Waals surface area contributed by atoms with Gasteiger partial charge in [-0.05, 0) is 43.4 Å². The van der Waals surface area contributed by atoms with Gasteiger partial charge in [0, 0.05) is 17.8 Å². The summed E-state index contributed by atoms with van der Waals surface area (Å²) in [5.74, 6) is -1.18. The van der Waals surface area contributed by atoms with E-state index in [9.17, 15) is 14.7 Å². The van der Waals surface area contributed by atoms with Gasteiger partial charge >= 0.3 is 5.97 Å².